The number of aromatic nitrogens is 2. The first-order chi connectivity index (χ1) is 11.2. The van der Waals surface area contributed by atoms with Crippen LogP contribution in [-0.2, 0) is 16.1 Å². The van der Waals surface area contributed by atoms with Crippen molar-refractivity contribution in [3.05, 3.63) is 12.3 Å². The fourth-order valence-electron chi connectivity index (χ4n) is 3.37. The molecule has 1 aromatic rings. The van der Waals surface area contributed by atoms with Crippen LogP contribution in [0.15, 0.2) is 12.3 Å². The largest absolute Gasteiger partial charge is 0.379 e. The van der Waals surface area contributed by atoms with Gasteiger partial charge in [0.25, 0.3) is 0 Å². The molecular formula is C16H29Cl2N5O2. The van der Waals surface area contributed by atoms with Crippen molar-refractivity contribution in [3.63, 3.8) is 0 Å². The summed E-state index contributed by atoms with van der Waals surface area (Å²) in [7, 11) is 0. The highest BCUT2D eigenvalue weighted by Crippen LogP contribution is 2.27. The van der Waals surface area contributed by atoms with Crippen molar-refractivity contribution in [2.75, 3.05) is 38.2 Å². The van der Waals surface area contributed by atoms with Crippen LogP contribution in [0.2, 0.25) is 0 Å². The Balaban J connectivity index is 0.00000156. The summed E-state index contributed by atoms with van der Waals surface area (Å²) in [5.74, 6) is 0.965. The summed E-state index contributed by atoms with van der Waals surface area (Å²) in [6, 6.07) is 2.03. The van der Waals surface area contributed by atoms with Crippen molar-refractivity contribution < 1.29 is 9.53 Å². The number of anilines is 1. The van der Waals surface area contributed by atoms with Gasteiger partial charge in [-0.05, 0) is 18.8 Å². The zero-order chi connectivity index (χ0) is 16.1. The second-order valence-electron chi connectivity index (χ2n) is 6.53. The summed E-state index contributed by atoms with van der Waals surface area (Å²) in [6.45, 7) is 5.35. The molecule has 1 aliphatic carbocycles. The van der Waals surface area contributed by atoms with Gasteiger partial charge in [-0.1, -0.05) is 6.42 Å². The van der Waals surface area contributed by atoms with E-state index in [1.807, 2.05) is 16.9 Å². The summed E-state index contributed by atoms with van der Waals surface area (Å²) in [6.07, 6.45) is 5.64. The van der Waals surface area contributed by atoms with Gasteiger partial charge in [0.15, 0.2) is 5.82 Å². The van der Waals surface area contributed by atoms with E-state index in [2.05, 4.69) is 15.3 Å². The molecule has 0 radical (unpaired) electrons. The topological polar surface area (TPSA) is 85.4 Å². The Morgan fingerprint density at radius 3 is 2.72 bits per heavy atom. The summed E-state index contributed by atoms with van der Waals surface area (Å²) in [5.41, 5.74) is 6.02. The third-order valence-corrected chi connectivity index (χ3v) is 4.82. The van der Waals surface area contributed by atoms with Crippen molar-refractivity contribution in [3.8, 4) is 0 Å². The lowest BCUT2D eigenvalue weighted by Gasteiger charge is -2.26. The van der Waals surface area contributed by atoms with E-state index in [-0.39, 0.29) is 36.8 Å². The van der Waals surface area contributed by atoms with Gasteiger partial charge in [0.2, 0.25) is 5.91 Å². The molecule has 9 heteroatoms. The first-order valence-electron chi connectivity index (χ1n) is 8.60. The first-order valence-corrected chi connectivity index (χ1v) is 8.60. The van der Waals surface area contributed by atoms with Crippen molar-refractivity contribution in [2.24, 2.45) is 11.7 Å². The molecule has 1 amide bonds. The first kappa shape index (κ1) is 22.2. The molecule has 2 fully saturated rings. The maximum atomic E-state index is 12.1. The minimum Gasteiger partial charge on any atom is -0.379 e. The van der Waals surface area contributed by atoms with Gasteiger partial charge in [0.05, 0.1) is 19.8 Å². The van der Waals surface area contributed by atoms with Crippen LogP contribution in [0.3, 0.4) is 0 Å². The molecule has 0 spiro atoms. The van der Waals surface area contributed by atoms with Crippen molar-refractivity contribution >= 4 is 36.5 Å². The number of rotatable bonds is 6. The Bertz CT molecular complexity index is 522. The standard InChI is InChI=1S/C16H27N5O2.2ClH/c17-14-3-1-2-13(14)12-16(22)18-15-4-5-21(19-15)7-6-20-8-10-23-11-9-20;;/h4-5,13-14H,1-3,6-12,17H2,(H,18,19,22);2*1H/t13-,14+;;/m0../s1. The van der Waals surface area contributed by atoms with Crippen molar-refractivity contribution in [1.82, 2.24) is 14.7 Å². The molecule has 1 aromatic heterocycles. The minimum atomic E-state index is 0. The van der Waals surface area contributed by atoms with Crippen LogP contribution in [0.1, 0.15) is 25.7 Å². The molecular weight excluding hydrogens is 365 g/mol. The van der Waals surface area contributed by atoms with E-state index in [4.69, 9.17) is 10.5 Å². The van der Waals surface area contributed by atoms with Crippen LogP contribution in [-0.4, -0.2) is 59.5 Å². The molecule has 0 bridgehead atoms. The number of hydrogen-bond donors (Lipinski definition) is 2. The third kappa shape index (κ3) is 6.75. The van der Waals surface area contributed by atoms with E-state index >= 15 is 0 Å². The quantitative estimate of drug-likeness (QED) is 0.764. The van der Waals surface area contributed by atoms with Crippen LogP contribution in [0.4, 0.5) is 5.82 Å². The normalized spacial score (nSPS) is 23.6. The number of amides is 1. The zero-order valence-corrected chi connectivity index (χ0v) is 16.1. The van der Waals surface area contributed by atoms with E-state index in [1.165, 1.54) is 0 Å². The van der Waals surface area contributed by atoms with Gasteiger partial charge in [-0.3, -0.25) is 14.4 Å². The zero-order valence-electron chi connectivity index (χ0n) is 14.4. The van der Waals surface area contributed by atoms with E-state index in [9.17, 15) is 4.79 Å². The third-order valence-electron chi connectivity index (χ3n) is 4.82. The molecule has 3 N–H and O–H groups in total. The number of carbonyl (C=O) groups excluding carboxylic acids is 1. The summed E-state index contributed by atoms with van der Waals surface area (Å²) in [5, 5.41) is 7.31. The van der Waals surface area contributed by atoms with Gasteiger partial charge in [-0.25, -0.2) is 0 Å². The Kier molecular flexibility index (Phi) is 9.74. The van der Waals surface area contributed by atoms with Gasteiger partial charge < -0.3 is 15.8 Å². The lowest BCUT2D eigenvalue weighted by Crippen LogP contribution is -2.38. The SMILES string of the molecule is Cl.Cl.N[C@@H]1CCC[C@H]1CC(=O)Nc1ccn(CCN2CCOCC2)n1. The van der Waals surface area contributed by atoms with Gasteiger partial charge in [0, 0.05) is 44.4 Å². The van der Waals surface area contributed by atoms with Gasteiger partial charge in [0.1, 0.15) is 0 Å². The minimum absolute atomic E-state index is 0. The number of morpholine rings is 1. The number of halogens is 2. The fraction of sp³-hybridized carbons (Fsp3) is 0.750. The summed E-state index contributed by atoms with van der Waals surface area (Å²) < 4.78 is 7.22. The Morgan fingerprint density at radius 1 is 1.28 bits per heavy atom. The van der Waals surface area contributed by atoms with E-state index in [0.29, 0.717) is 18.2 Å². The number of carbonyl (C=O) groups is 1. The van der Waals surface area contributed by atoms with E-state index in [1.54, 1.807) is 0 Å². The van der Waals surface area contributed by atoms with E-state index in [0.717, 1.165) is 58.7 Å². The Labute approximate surface area is 161 Å². The van der Waals surface area contributed by atoms with Crippen molar-refractivity contribution in [1.29, 1.82) is 0 Å². The summed E-state index contributed by atoms with van der Waals surface area (Å²) in [4.78, 5) is 14.5. The number of ether oxygens (including phenoxy) is 1. The lowest BCUT2D eigenvalue weighted by molar-refractivity contribution is -0.117. The smallest absolute Gasteiger partial charge is 0.225 e. The average molecular weight is 394 g/mol. The van der Waals surface area contributed by atoms with Crippen molar-refractivity contribution in [2.45, 2.75) is 38.3 Å². The van der Waals surface area contributed by atoms with Gasteiger partial charge in [-0.15, -0.1) is 24.8 Å². The van der Waals surface area contributed by atoms with Gasteiger partial charge >= 0.3 is 0 Å². The molecule has 25 heavy (non-hydrogen) atoms. The van der Waals surface area contributed by atoms with Crippen LogP contribution in [0.25, 0.3) is 0 Å². The maximum Gasteiger partial charge on any atom is 0.225 e. The second kappa shape index (κ2) is 11.0. The molecule has 1 aliphatic heterocycles. The van der Waals surface area contributed by atoms with Crippen LogP contribution >= 0.6 is 24.8 Å². The number of nitrogens with one attached hydrogen (secondary N) is 1. The highest BCUT2D eigenvalue weighted by Gasteiger charge is 2.26. The molecule has 1 saturated heterocycles. The number of hydrogen-bond acceptors (Lipinski definition) is 5. The van der Waals surface area contributed by atoms with Crippen LogP contribution in [0.5, 0.6) is 0 Å². The predicted octanol–water partition coefficient (Wildman–Crippen LogP) is 1.51. The molecule has 1 saturated carbocycles. The predicted molar refractivity (Wildman–Crippen MR) is 103 cm³/mol. The Hall–Kier alpha value is -0.860. The molecule has 144 valence electrons. The molecule has 0 unspecified atom stereocenters. The molecule has 0 aromatic carbocycles. The second-order valence-corrected chi connectivity index (χ2v) is 6.53. The molecule has 3 rings (SSSR count). The maximum absolute atomic E-state index is 12.1. The van der Waals surface area contributed by atoms with Crippen LogP contribution < -0.4 is 11.1 Å². The number of nitrogens with two attached hydrogens (primary N) is 1. The molecule has 2 aliphatic rings. The Morgan fingerprint density at radius 2 is 2.04 bits per heavy atom. The average Bonchev–Trinajstić information content (AvgIpc) is 3.16. The summed E-state index contributed by atoms with van der Waals surface area (Å²) >= 11 is 0. The molecule has 7 nitrogen and oxygen atoms in total. The fourth-order valence-corrected chi connectivity index (χ4v) is 3.37. The van der Waals surface area contributed by atoms with E-state index < -0.39 is 0 Å². The van der Waals surface area contributed by atoms with Crippen LogP contribution in [0, 0.1) is 5.92 Å². The number of nitrogens with zero attached hydrogens (tertiary/aromatic N) is 3. The molecule has 2 heterocycles. The van der Waals surface area contributed by atoms with Gasteiger partial charge in [-0.2, -0.15) is 5.10 Å². The monoisotopic (exact) mass is 393 g/mol. The highest BCUT2D eigenvalue weighted by atomic mass is 35.5. The lowest BCUT2D eigenvalue weighted by atomic mass is 10.00. The highest BCUT2D eigenvalue weighted by molar-refractivity contribution is 5.89. The molecule has 2 atom stereocenters.